The average molecular weight is 200 g/mol. The van der Waals surface area contributed by atoms with Crippen molar-refractivity contribution in [3.8, 4) is 11.3 Å². The SMILES string of the molecule is Nc1cc(-c2cccc3occc23)on1. The standard InChI is InChI=1S/C11H8N2O2/c12-11-6-10(15-13-11)7-2-1-3-9-8(7)4-5-14-9/h1-6H,(H2,12,13). The molecule has 0 aliphatic carbocycles. The molecule has 3 rings (SSSR count). The molecular weight excluding hydrogens is 192 g/mol. The van der Waals surface area contributed by atoms with Crippen LogP contribution in [0.15, 0.2) is 45.5 Å². The number of benzene rings is 1. The smallest absolute Gasteiger partial charge is 0.169 e. The van der Waals surface area contributed by atoms with E-state index in [1.54, 1.807) is 12.3 Å². The van der Waals surface area contributed by atoms with Crippen LogP contribution in [-0.4, -0.2) is 5.16 Å². The summed E-state index contributed by atoms with van der Waals surface area (Å²) in [6, 6.07) is 9.33. The zero-order valence-electron chi connectivity index (χ0n) is 7.81. The molecule has 0 saturated heterocycles. The molecule has 74 valence electrons. The molecule has 0 bridgehead atoms. The van der Waals surface area contributed by atoms with E-state index in [1.807, 2.05) is 24.3 Å². The normalized spacial score (nSPS) is 10.9. The summed E-state index contributed by atoms with van der Waals surface area (Å²) in [6.07, 6.45) is 1.65. The van der Waals surface area contributed by atoms with Crippen LogP contribution in [0.3, 0.4) is 0 Å². The van der Waals surface area contributed by atoms with Crippen molar-refractivity contribution < 1.29 is 8.94 Å². The van der Waals surface area contributed by atoms with Gasteiger partial charge in [-0.05, 0) is 12.1 Å². The minimum atomic E-state index is 0.380. The third kappa shape index (κ3) is 1.19. The molecule has 3 aromatic rings. The summed E-state index contributed by atoms with van der Waals surface area (Å²) in [6.45, 7) is 0. The molecule has 4 nitrogen and oxygen atoms in total. The highest BCUT2D eigenvalue weighted by Crippen LogP contribution is 2.29. The molecule has 0 saturated carbocycles. The van der Waals surface area contributed by atoms with Crippen molar-refractivity contribution in [1.82, 2.24) is 5.16 Å². The Labute approximate surface area is 85.3 Å². The van der Waals surface area contributed by atoms with Gasteiger partial charge in [0.1, 0.15) is 5.58 Å². The fraction of sp³-hybridized carbons (Fsp3) is 0. The molecule has 15 heavy (non-hydrogen) atoms. The van der Waals surface area contributed by atoms with Gasteiger partial charge in [-0.15, -0.1) is 0 Å². The predicted molar refractivity (Wildman–Crippen MR) is 56.1 cm³/mol. The van der Waals surface area contributed by atoms with E-state index in [4.69, 9.17) is 14.7 Å². The Morgan fingerprint density at radius 1 is 1.20 bits per heavy atom. The average Bonchev–Trinajstić information content (AvgIpc) is 2.84. The Kier molecular flexibility index (Phi) is 1.56. The molecule has 1 aromatic carbocycles. The lowest BCUT2D eigenvalue weighted by atomic mass is 10.1. The van der Waals surface area contributed by atoms with Gasteiger partial charge in [-0.1, -0.05) is 17.3 Å². The first kappa shape index (κ1) is 8.11. The second-order valence-electron chi connectivity index (χ2n) is 3.25. The summed E-state index contributed by atoms with van der Waals surface area (Å²) < 4.78 is 10.4. The van der Waals surface area contributed by atoms with Gasteiger partial charge in [0.05, 0.1) is 6.26 Å². The maximum absolute atomic E-state index is 5.51. The predicted octanol–water partition coefficient (Wildman–Crippen LogP) is 2.67. The topological polar surface area (TPSA) is 65.2 Å². The highest BCUT2D eigenvalue weighted by molar-refractivity contribution is 5.92. The number of anilines is 1. The molecule has 0 aliphatic rings. The summed E-state index contributed by atoms with van der Waals surface area (Å²) in [4.78, 5) is 0. The first-order chi connectivity index (χ1) is 7.34. The molecular formula is C11H8N2O2. The maximum atomic E-state index is 5.51. The second kappa shape index (κ2) is 2.88. The van der Waals surface area contributed by atoms with E-state index in [9.17, 15) is 0 Å². The van der Waals surface area contributed by atoms with Crippen LogP contribution in [0.25, 0.3) is 22.3 Å². The highest BCUT2D eigenvalue weighted by Gasteiger charge is 2.09. The van der Waals surface area contributed by atoms with Crippen LogP contribution in [0.2, 0.25) is 0 Å². The number of nitrogen functional groups attached to an aromatic ring is 1. The Balaban J connectivity index is 2.30. The lowest BCUT2D eigenvalue weighted by Crippen LogP contribution is -1.80. The molecule has 0 unspecified atom stereocenters. The fourth-order valence-corrected chi connectivity index (χ4v) is 1.62. The number of nitrogens with two attached hydrogens (primary N) is 1. The second-order valence-corrected chi connectivity index (χ2v) is 3.25. The van der Waals surface area contributed by atoms with Crippen LogP contribution in [0.5, 0.6) is 0 Å². The van der Waals surface area contributed by atoms with Crippen molar-refractivity contribution in [2.75, 3.05) is 5.73 Å². The Morgan fingerprint density at radius 2 is 2.13 bits per heavy atom. The van der Waals surface area contributed by atoms with Crippen LogP contribution in [0.1, 0.15) is 0 Å². The van der Waals surface area contributed by atoms with Crippen LogP contribution in [-0.2, 0) is 0 Å². The Bertz CT molecular complexity index is 610. The maximum Gasteiger partial charge on any atom is 0.169 e. The van der Waals surface area contributed by atoms with E-state index >= 15 is 0 Å². The zero-order chi connectivity index (χ0) is 10.3. The third-order valence-electron chi connectivity index (χ3n) is 2.29. The van der Waals surface area contributed by atoms with E-state index in [2.05, 4.69) is 5.16 Å². The van der Waals surface area contributed by atoms with Gasteiger partial charge in [-0.25, -0.2) is 0 Å². The Hall–Kier alpha value is -2.23. The molecule has 0 atom stereocenters. The van der Waals surface area contributed by atoms with E-state index in [0.29, 0.717) is 11.6 Å². The van der Waals surface area contributed by atoms with Crippen molar-refractivity contribution >= 4 is 16.8 Å². The first-order valence-electron chi connectivity index (χ1n) is 4.53. The van der Waals surface area contributed by atoms with Crippen molar-refractivity contribution in [2.24, 2.45) is 0 Å². The third-order valence-corrected chi connectivity index (χ3v) is 2.29. The number of rotatable bonds is 1. The number of hydrogen-bond acceptors (Lipinski definition) is 4. The van der Waals surface area contributed by atoms with Crippen LogP contribution >= 0.6 is 0 Å². The van der Waals surface area contributed by atoms with Crippen LogP contribution < -0.4 is 5.73 Å². The molecule has 0 spiro atoms. The number of aromatic nitrogens is 1. The minimum absolute atomic E-state index is 0.380. The molecule has 0 radical (unpaired) electrons. The summed E-state index contributed by atoms with van der Waals surface area (Å²) in [5, 5.41) is 4.65. The quantitative estimate of drug-likeness (QED) is 0.655. The van der Waals surface area contributed by atoms with E-state index < -0.39 is 0 Å². The largest absolute Gasteiger partial charge is 0.464 e. The lowest BCUT2D eigenvalue weighted by molar-refractivity contribution is 0.436. The number of furan rings is 1. The molecule has 2 aromatic heterocycles. The van der Waals surface area contributed by atoms with Crippen LogP contribution in [0, 0.1) is 0 Å². The van der Waals surface area contributed by atoms with Gasteiger partial charge < -0.3 is 14.7 Å². The van der Waals surface area contributed by atoms with Gasteiger partial charge >= 0.3 is 0 Å². The molecule has 0 fully saturated rings. The first-order valence-corrected chi connectivity index (χ1v) is 4.53. The summed E-state index contributed by atoms with van der Waals surface area (Å²) >= 11 is 0. The number of fused-ring (bicyclic) bond motifs is 1. The number of hydrogen-bond donors (Lipinski definition) is 1. The summed E-state index contributed by atoms with van der Waals surface area (Å²) in [5.41, 5.74) is 7.26. The van der Waals surface area contributed by atoms with E-state index in [1.165, 1.54) is 0 Å². The van der Waals surface area contributed by atoms with Gasteiger partial charge in [0.15, 0.2) is 11.6 Å². The van der Waals surface area contributed by atoms with Gasteiger partial charge in [0.2, 0.25) is 0 Å². The van der Waals surface area contributed by atoms with Crippen molar-refractivity contribution in [1.29, 1.82) is 0 Å². The van der Waals surface area contributed by atoms with Crippen molar-refractivity contribution in [2.45, 2.75) is 0 Å². The molecule has 0 amide bonds. The van der Waals surface area contributed by atoms with Gasteiger partial charge in [0.25, 0.3) is 0 Å². The Morgan fingerprint density at radius 3 is 2.93 bits per heavy atom. The minimum Gasteiger partial charge on any atom is -0.464 e. The highest BCUT2D eigenvalue weighted by atomic mass is 16.5. The monoisotopic (exact) mass is 200 g/mol. The summed E-state index contributed by atoms with van der Waals surface area (Å²) in [5.74, 6) is 1.03. The van der Waals surface area contributed by atoms with E-state index in [-0.39, 0.29) is 0 Å². The van der Waals surface area contributed by atoms with Crippen molar-refractivity contribution in [3.63, 3.8) is 0 Å². The van der Waals surface area contributed by atoms with Crippen molar-refractivity contribution in [3.05, 3.63) is 36.6 Å². The van der Waals surface area contributed by atoms with Gasteiger partial charge in [0, 0.05) is 17.0 Å². The van der Waals surface area contributed by atoms with Crippen LogP contribution in [0.4, 0.5) is 5.82 Å². The molecule has 2 heterocycles. The van der Waals surface area contributed by atoms with Gasteiger partial charge in [-0.2, -0.15) is 0 Å². The number of nitrogens with zero attached hydrogens (tertiary/aromatic N) is 1. The lowest BCUT2D eigenvalue weighted by Gasteiger charge is -1.95. The molecule has 2 N–H and O–H groups in total. The van der Waals surface area contributed by atoms with Gasteiger partial charge in [-0.3, -0.25) is 0 Å². The van der Waals surface area contributed by atoms with E-state index in [0.717, 1.165) is 16.5 Å². The zero-order valence-corrected chi connectivity index (χ0v) is 7.81. The molecule has 0 aliphatic heterocycles. The summed E-state index contributed by atoms with van der Waals surface area (Å²) in [7, 11) is 0. The fourth-order valence-electron chi connectivity index (χ4n) is 1.62. The molecule has 4 heteroatoms.